The molecule has 0 aliphatic rings. The fourth-order valence-electron chi connectivity index (χ4n) is 2.91. The summed E-state index contributed by atoms with van der Waals surface area (Å²) in [6, 6.07) is 12.7. The predicted octanol–water partition coefficient (Wildman–Crippen LogP) is 2.63. The molecule has 4 rings (SSSR count). The number of para-hydroxylation sites is 1. The van der Waals surface area contributed by atoms with Crippen molar-refractivity contribution < 1.29 is 9.90 Å². The van der Waals surface area contributed by atoms with Gasteiger partial charge in [-0.05, 0) is 25.1 Å². The summed E-state index contributed by atoms with van der Waals surface area (Å²) >= 11 is 0. The Morgan fingerprint density at radius 3 is 2.96 bits per heavy atom. The van der Waals surface area contributed by atoms with Gasteiger partial charge in [0, 0.05) is 17.1 Å². The quantitative estimate of drug-likeness (QED) is 0.506. The number of amides is 1. The van der Waals surface area contributed by atoms with E-state index in [2.05, 4.69) is 25.5 Å². The van der Waals surface area contributed by atoms with Gasteiger partial charge in [-0.25, -0.2) is 4.98 Å². The largest absolute Gasteiger partial charge is 0.394 e. The van der Waals surface area contributed by atoms with Crippen LogP contribution in [0.3, 0.4) is 0 Å². The van der Waals surface area contributed by atoms with Crippen LogP contribution in [0.25, 0.3) is 22.4 Å². The highest BCUT2D eigenvalue weighted by Gasteiger charge is 2.16. The van der Waals surface area contributed by atoms with Crippen LogP contribution in [0.15, 0.2) is 55.0 Å². The molecule has 0 aliphatic carbocycles. The zero-order valence-electron chi connectivity index (χ0n) is 14.6. The number of H-pyrrole nitrogens is 1. The molecule has 1 atom stereocenters. The van der Waals surface area contributed by atoms with Gasteiger partial charge < -0.3 is 20.0 Å². The number of aromatic amines is 1. The molecule has 8 heteroatoms. The van der Waals surface area contributed by atoms with Crippen molar-refractivity contribution in [2.24, 2.45) is 0 Å². The lowest BCUT2D eigenvalue weighted by Crippen LogP contribution is -2.13. The summed E-state index contributed by atoms with van der Waals surface area (Å²) in [4.78, 5) is 20.2. The summed E-state index contributed by atoms with van der Waals surface area (Å²) in [5.74, 6) is 0.691. The minimum absolute atomic E-state index is 0.0397. The molecule has 0 fully saturated rings. The monoisotopic (exact) mass is 362 g/mol. The molecule has 3 heterocycles. The lowest BCUT2D eigenvalue weighted by atomic mass is 10.1. The number of aliphatic hydroxyl groups excluding tert-OH is 1. The number of aliphatic hydroxyl groups is 1. The van der Waals surface area contributed by atoms with E-state index in [4.69, 9.17) is 0 Å². The zero-order valence-corrected chi connectivity index (χ0v) is 14.6. The summed E-state index contributed by atoms with van der Waals surface area (Å²) < 4.78 is 1.74. The second-order valence-electron chi connectivity index (χ2n) is 6.20. The Morgan fingerprint density at radius 2 is 2.11 bits per heavy atom. The van der Waals surface area contributed by atoms with Gasteiger partial charge >= 0.3 is 0 Å². The van der Waals surface area contributed by atoms with Gasteiger partial charge in [0.15, 0.2) is 5.82 Å². The number of nitrogens with one attached hydrogen (secondary N) is 2. The predicted molar refractivity (Wildman–Crippen MR) is 101 cm³/mol. The first-order valence-corrected chi connectivity index (χ1v) is 8.52. The Bertz CT molecular complexity index is 1100. The summed E-state index contributed by atoms with van der Waals surface area (Å²) in [6.07, 6.45) is 3.23. The first-order valence-electron chi connectivity index (χ1n) is 8.52. The number of pyridine rings is 1. The molecule has 1 unspecified atom stereocenters. The maximum Gasteiger partial charge on any atom is 0.258 e. The van der Waals surface area contributed by atoms with Gasteiger partial charge in [-0.2, -0.15) is 0 Å². The average Bonchev–Trinajstić information content (AvgIpc) is 3.35. The van der Waals surface area contributed by atoms with Crippen LogP contribution in [0, 0.1) is 0 Å². The number of carbonyl (C=O) groups is 1. The van der Waals surface area contributed by atoms with E-state index in [1.165, 1.54) is 0 Å². The van der Waals surface area contributed by atoms with E-state index < -0.39 is 0 Å². The van der Waals surface area contributed by atoms with Gasteiger partial charge in [-0.15, -0.1) is 10.2 Å². The minimum atomic E-state index is -0.248. The molecule has 27 heavy (non-hydrogen) atoms. The van der Waals surface area contributed by atoms with E-state index in [9.17, 15) is 9.90 Å². The third kappa shape index (κ3) is 3.18. The molecule has 0 saturated heterocycles. The molecule has 3 N–H and O–H groups in total. The molecule has 1 aromatic carbocycles. The molecule has 136 valence electrons. The van der Waals surface area contributed by atoms with Crippen LogP contribution in [0.5, 0.6) is 0 Å². The number of hydrogen-bond acceptors (Lipinski definition) is 5. The van der Waals surface area contributed by atoms with Gasteiger partial charge in [-0.3, -0.25) is 4.79 Å². The van der Waals surface area contributed by atoms with Crippen LogP contribution in [-0.4, -0.2) is 42.4 Å². The van der Waals surface area contributed by atoms with E-state index in [0.29, 0.717) is 22.9 Å². The van der Waals surface area contributed by atoms with Gasteiger partial charge in [0.05, 0.1) is 18.2 Å². The lowest BCUT2D eigenvalue weighted by Gasteiger charge is -2.12. The maximum atomic E-state index is 12.7. The Labute approximate surface area is 154 Å². The summed E-state index contributed by atoms with van der Waals surface area (Å²) in [5.41, 5.74) is 2.01. The van der Waals surface area contributed by atoms with E-state index in [1.807, 2.05) is 31.2 Å². The molecule has 0 saturated carbocycles. The fraction of sp³-hybridized carbons (Fsp3) is 0.158. The SMILES string of the molecule is CC(CO)n1cnnc1-c1cccc(NC(=O)c2c[nH]c3ccccc23)n1. The highest BCUT2D eigenvalue weighted by atomic mass is 16.3. The third-order valence-electron chi connectivity index (χ3n) is 4.37. The van der Waals surface area contributed by atoms with Crippen LogP contribution in [0.2, 0.25) is 0 Å². The van der Waals surface area contributed by atoms with Crippen molar-refractivity contribution in [3.8, 4) is 11.5 Å². The topological polar surface area (TPSA) is 109 Å². The fourth-order valence-corrected chi connectivity index (χ4v) is 2.91. The normalized spacial score (nSPS) is 12.2. The molecular weight excluding hydrogens is 344 g/mol. The van der Waals surface area contributed by atoms with Crippen molar-refractivity contribution in [3.63, 3.8) is 0 Å². The zero-order chi connectivity index (χ0) is 18.8. The van der Waals surface area contributed by atoms with E-state index in [-0.39, 0.29) is 18.6 Å². The van der Waals surface area contributed by atoms with Gasteiger partial charge in [0.1, 0.15) is 17.8 Å². The van der Waals surface area contributed by atoms with Crippen molar-refractivity contribution in [3.05, 3.63) is 60.6 Å². The summed E-state index contributed by atoms with van der Waals surface area (Å²) in [7, 11) is 0. The number of benzene rings is 1. The Morgan fingerprint density at radius 1 is 1.26 bits per heavy atom. The molecule has 1 amide bonds. The molecule has 3 aromatic heterocycles. The number of carbonyl (C=O) groups excluding carboxylic acids is 1. The molecule has 0 radical (unpaired) electrons. The van der Waals surface area contributed by atoms with Crippen molar-refractivity contribution in [2.75, 3.05) is 11.9 Å². The highest BCUT2D eigenvalue weighted by Crippen LogP contribution is 2.22. The molecule has 4 aromatic rings. The Balaban J connectivity index is 1.62. The smallest absolute Gasteiger partial charge is 0.258 e. The van der Waals surface area contributed by atoms with E-state index >= 15 is 0 Å². The number of hydrogen-bond donors (Lipinski definition) is 3. The number of nitrogens with zero attached hydrogens (tertiary/aromatic N) is 4. The Hall–Kier alpha value is -3.52. The standard InChI is InChI=1S/C19H18N6O2/c1-12(10-26)25-11-21-24-18(25)16-7-4-8-17(22-16)23-19(27)14-9-20-15-6-3-2-5-13(14)15/h2-9,11-12,20,26H,10H2,1H3,(H,22,23,27). The average molecular weight is 362 g/mol. The second kappa shape index (κ2) is 7.00. The summed E-state index contributed by atoms with van der Waals surface area (Å²) in [5, 5.41) is 21.1. The molecule has 8 nitrogen and oxygen atoms in total. The number of anilines is 1. The first-order chi connectivity index (χ1) is 13.2. The highest BCUT2D eigenvalue weighted by molar-refractivity contribution is 6.12. The second-order valence-corrected chi connectivity index (χ2v) is 6.20. The number of rotatable bonds is 5. The first kappa shape index (κ1) is 16.9. The molecule has 0 bridgehead atoms. The molecule has 0 spiro atoms. The number of aromatic nitrogens is 5. The van der Waals surface area contributed by atoms with Gasteiger partial charge in [0.25, 0.3) is 5.91 Å². The molecular formula is C19H18N6O2. The van der Waals surface area contributed by atoms with Crippen molar-refractivity contribution in [1.82, 2.24) is 24.7 Å². The summed E-state index contributed by atoms with van der Waals surface area (Å²) in [6.45, 7) is 1.82. The molecule has 0 aliphatic heterocycles. The van der Waals surface area contributed by atoms with Crippen molar-refractivity contribution >= 4 is 22.6 Å². The lowest BCUT2D eigenvalue weighted by molar-refractivity contribution is 0.102. The van der Waals surface area contributed by atoms with Crippen LogP contribution >= 0.6 is 0 Å². The van der Waals surface area contributed by atoms with Crippen LogP contribution < -0.4 is 5.32 Å². The van der Waals surface area contributed by atoms with Crippen molar-refractivity contribution in [2.45, 2.75) is 13.0 Å². The third-order valence-corrected chi connectivity index (χ3v) is 4.37. The van der Waals surface area contributed by atoms with Crippen LogP contribution in [0.1, 0.15) is 23.3 Å². The number of fused-ring (bicyclic) bond motifs is 1. The van der Waals surface area contributed by atoms with Gasteiger partial charge in [0.2, 0.25) is 0 Å². The van der Waals surface area contributed by atoms with Crippen LogP contribution in [-0.2, 0) is 0 Å². The van der Waals surface area contributed by atoms with E-state index in [0.717, 1.165) is 10.9 Å². The van der Waals surface area contributed by atoms with E-state index in [1.54, 1.807) is 35.3 Å². The van der Waals surface area contributed by atoms with Gasteiger partial charge in [-0.1, -0.05) is 24.3 Å². The maximum absolute atomic E-state index is 12.7. The Kier molecular flexibility index (Phi) is 4.39. The van der Waals surface area contributed by atoms with Crippen molar-refractivity contribution in [1.29, 1.82) is 0 Å². The van der Waals surface area contributed by atoms with Crippen LogP contribution in [0.4, 0.5) is 5.82 Å². The minimum Gasteiger partial charge on any atom is -0.394 e.